The molecule has 0 bridgehead atoms. The number of fused-ring (bicyclic) bond motifs is 1. The number of halogens is 1. The number of pyridine rings is 1. The van der Waals surface area contributed by atoms with Crippen LogP contribution in [0.5, 0.6) is 11.5 Å². The van der Waals surface area contributed by atoms with Gasteiger partial charge in [0.05, 0.1) is 16.7 Å². The lowest BCUT2D eigenvalue weighted by Crippen LogP contribution is -2.33. The number of carbonyl (C=O) groups excluding carboxylic acids is 1. The molecular weight excluding hydrogens is 717 g/mol. The summed E-state index contributed by atoms with van der Waals surface area (Å²) in [5.41, 5.74) is 7.88. The third-order valence-corrected chi connectivity index (χ3v) is 12.2. The SMILES string of the molecule is [B]c1cc(C)c(S(=O)(=O)NC(=O)c2ccc(NCCN(CC)CC3=C(c4ccc(Cl)cc4)CCC(C)(C)C3)cc2Oc2cnc3[nH]ccc3c2)c(C)c1C. The van der Waals surface area contributed by atoms with Crippen LogP contribution in [0.4, 0.5) is 5.69 Å². The monoisotopic (exact) mass is 763 g/mol. The second-order valence-electron chi connectivity index (χ2n) is 14.9. The molecule has 2 heterocycles. The number of nitrogens with zero attached hydrogens (tertiary/aromatic N) is 2. The molecule has 3 aromatic carbocycles. The Bertz CT molecular complexity index is 2340. The molecule has 2 radical (unpaired) electrons. The number of aryl methyl sites for hydroxylation is 1. The van der Waals surface area contributed by atoms with Gasteiger partial charge in [-0.15, -0.1) is 0 Å². The number of hydrogen-bond donors (Lipinski definition) is 3. The summed E-state index contributed by atoms with van der Waals surface area (Å²) in [5.74, 6) is -0.243. The van der Waals surface area contributed by atoms with Crippen LogP contribution in [-0.4, -0.2) is 63.2 Å². The van der Waals surface area contributed by atoms with E-state index in [4.69, 9.17) is 24.2 Å². The summed E-state index contributed by atoms with van der Waals surface area (Å²) in [5, 5.41) is 5.06. The zero-order chi connectivity index (χ0) is 38.8. The number of allylic oxidation sites excluding steroid dienone is 1. The number of anilines is 1. The number of sulfonamides is 1. The summed E-state index contributed by atoms with van der Waals surface area (Å²) in [4.78, 5) is 23.7. The number of ether oxygens (including phenoxy) is 1. The first-order chi connectivity index (χ1) is 25.6. The van der Waals surface area contributed by atoms with Crippen molar-refractivity contribution >= 4 is 63.1 Å². The molecule has 280 valence electrons. The van der Waals surface area contributed by atoms with Gasteiger partial charge in [0.25, 0.3) is 15.9 Å². The number of likely N-dealkylation sites (N-methyl/N-ethyl adjacent to an activating group) is 1. The average Bonchev–Trinajstić information content (AvgIpc) is 3.58. The largest absolute Gasteiger partial charge is 0.455 e. The molecule has 5 aromatic rings. The molecule has 9 nitrogen and oxygen atoms in total. The fourth-order valence-electron chi connectivity index (χ4n) is 7.28. The van der Waals surface area contributed by atoms with Gasteiger partial charge in [-0.05, 0) is 111 Å². The molecule has 3 N–H and O–H groups in total. The van der Waals surface area contributed by atoms with Gasteiger partial charge in [0, 0.05) is 48.0 Å². The summed E-state index contributed by atoms with van der Waals surface area (Å²) >= 11 is 6.21. The van der Waals surface area contributed by atoms with Crippen molar-refractivity contribution in [2.24, 2.45) is 5.41 Å². The highest BCUT2D eigenvalue weighted by Crippen LogP contribution is 2.43. The Kier molecular flexibility index (Phi) is 11.6. The smallest absolute Gasteiger partial charge is 0.268 e. The zero-order valence-corrected chi connectivity index (χ0v) is 33.3. The third-order valence-electron chi connectivity index (χ3n) is 10.4. The summed E-state index contributed by atoms with van der Waals surface area (Å²) in [6.45, 7) is 15.1. The van der Waals surface area contributed by atoms with Crippen LogP contribution in [0.25, 0.3) is 16.6 Å². The lowest BCUT2D eigenvalue weighted by molar-refractivity contribution is 0.0979. The number of amides is 1. The van der Waals surface area contributed by atoms with Crippen LogP contribution < -0.4 is 20.2 Å². The lowest BCUT2D eigenvalue weighted by atomic mass is 9.73. The maximum absolute atomic E-state index is 13.8. The molecule has 54 heavy (non-hydrogen) atoms. The highest BCUT2D eigenvalue weighted by molar-refractivity contribution is 7.90. The maximum atomic E-state index is 13.8. The number of aromatic amines is 1. The van der Waals surface area contributed by atoms with E-state index >= 15 is 0 Å². The minimum atomic E-state index is -4.26. The maximum Gasteiger partial charge on any atom is 0.268 e. The standard InChI is InChI=1S/C42H47BClN5O4S/c1-7-49(25-31-23-42(5,6)16-14-35(31)29-8-10-32(44)11-9-29)19-18-45-33-12-13-36(38(22-33)53-34-21-30-15-17-46-40(30)47-24-34)41(50)48-54(51,52)39-26(2)20-37(43)27(3)28(39)4/h8-13,15,17,20-22,24,45H,7,14,16,18-19,23,25H2,1-6H3,(H,46,47)(H,48,50). The van der Waals surface area contributed by atoms with Crippen molar-refractivity contribution in [3.05, 3.63) is 111 Å². The van der Waals surface area contributed by atoms with E-state index in [1.807, 2.05) is 18.2 Å². The molecule has 12 heteroatoms. The van der Waals surface area contributed by atoms with Gasteiger partial charge in [-0.3, -0.25) is 9.69 Å². The van der Waals surface area contributed by atoms with Crippen molar-refractivity contribution in [3.8, 4) is 11.5 Å². The Morgan fingerprint density at radius 2 is 1.81 bits per heavy atom. The van der Waals surface area contributed by atoms with Crippen LogP contribution in [-0.2, 0) is 10.0 Å². The summed E-state index contributed by atoms with van der Waals surface area (Å²) in [6, 6.07) is 18.5. The first kappa shape index (κ1) is 39.1. The van der Waals surface area contributed by atoms with E-state index in [0.717, 1.165) is 55.0 Å². The van der Waals surface area contributed by atoms with Gasteiger partial charge in [-0.25, -0.2) is 18.1 Å². The topological polar surface area (TPSA) is 116 Å². The Balaban J connectivity index is 1.23. The Morgan fingerprint density at radius 3 is 2.56 bits per heavy atom. The van der Waals surface area contributed by atoms with Gasteiger partial charge < -0.3 is 15.0 Å². The number of aromatic nitrogens is 2. The zero-order valence-electron chi connectivity index (χ0n) is 31.8. The minimum absolute atomic E-state index is 0.0266. The summed E-state index contributed by atoms with van der Waals surface area (Å²) in [6.07, 6.45) is 6.55. The normalized spacial score (nSPS) is 14.4. The number of hydrogen-bond acceptors (Lipinski definition) is 7. The van der Waals surface area contributed by atoms with Crippen LogP contribution in [0.1, 0.15) is 72.6 Å². The highest BCUT2D eigenvalue weighted by atomic mass is 35.5. The fraction of sp³-hybridized carbons (Fsp3) is 0.333. The van der Waals surface area contributed by atoms with Gasteiger partial charge in [0.2, 0.25) is 0 Å². The van der Waals surface area contributed by atoms with Gasteiger partial charge in [0.15, 0.2) is 0 Å². The number of nitrogens with one attached hydrogen (secondary N) is 3. The second kappa shape index (κ2) is 16.0. The van der Waals surface area contributed by atoms with Crippen LogP contribution in [0.3, 0.4) is 0 Å². The van der Waals surface area contributed by atoms with Crippen molar-refractivity contribution in [2.45, 2.75) is 65.7 Å². The van der Waals surface area contributed by atoms with Crippen molar-refractivity contribution in [1.82, 2.24) is 19.6 Å². The number of H-pyrrole nitrogens is 1. The van der Waals surface area contributed by atoms with Gasteiger partial charge in [0.1, 0.15) is 25.0 Å². The van der Waals surface area contributed by atoms with E-state index in [9.17, 15) is 13.2 Å². The van der Waals surface area contributed by atoms with Crippen LogP contribution in [0, 0.1) is 26.2 Å². The molecular formula is C42H47BClN5O4S. The van der Waals surface area contributed by atoms with Crippen molar-refractivity contribution in [3.63, 3.8) is 0 Å². The summed E-state index contributed by atoms with van der Waals surface area (Å²) in [7, 11) is 1.83. The Hall–Kier alpha value is -4.58. The van der Waals surface area contributed by atoms with E-state index in [2.05, 4.69) is 57.8 Å². The molecule has 0 saturated heterocycles. The van der Waals surface area contributed by atoms with Gasteiger partial charge in [-0.1, -0.05) is 67.2 Å². The summed E-state index contributed by atoms with van der Waals surface area (Å²) < 4.78 is 35.8. The van der Waals surface area contributed by atoms with Crippen molar-refractivity contribution < 1.29 is 17.9 Å². The van der Waals surface area contributed by atoms with Gasteiger partial charge in [-0.2, -0.15) is 0 Å². The van der Waals surface area contributed by atoms with Crippen molar-refractivity contribution in [1.29, 1.82) is 0 Å². The molecule has 0 spiro atoms. The van der Waals surface area contributed by atoms with E-state index in [1.165, 1.54) is 16.7 Å². The first-order valence-electron chi connectivity index (χ1n) is 18.3. The predicted octanol–water partition coefficient (Wildman–Crippen LogP) is 8.24. The molecule has 0 fully saturated rings. The van der Waals surface area contributed by atoms with Crippen LogP contribution in [0.15, 0.2) is 83.5 Å². The van der Waals surface area contributed by atoms with Gasteiger partial charge >= 0.3 is 0 Å². The molecule has 2 aromatic heterocycles. The molecule has 1 amide bonds. The molecule has 0 atom stereocenters. The fourth-order valence-corrected chi connectivity index (χ4v) is 8.90. The Morgan fingerprint density at radius 1 is 1.06 bits per heavy atom. The number of rotatable bonds is 13. The molecule has 0 aliphatic heterocycles. The van der Waals surface area contributed by atoms with E-state index in [1.54, 1.807) is 63.5 Å². The number of benzene rings is 3. The molecule has 1 aliphatic carbocycles. The van der Waals surface area contributed by atoms with E-state index < -0.39 is 15.9 Å². The third kappa shape index (κ3) is 8.86. The highest BCUT2D eigenvalue weighted by Gasteiger charge is 2.29. The van der Waals surface area contributed by atoms with E-state index in [0.29, 0.717) is 40.1 Å². The number of carbonyl (C=O) groups is 1. The predicted molar refractivity (Wildman–Crippen MR) is 220 cm³/mol. The quantitative estimate of drug-likeness (QED) is 0.104. The second-order valence-corrected chi connectivity index (χ2v) is 17.0. The Labute approximate surface area is 325 Å². The molecule has 1 aliphatic rings. The van der Waals surface area contributed by atoms with E-state index in [-0.39, 0.29) is 21.6 Å². The average molecular weight is 764 g/mol. The lowest BCUT2D eigenvalue weighted by Gasteiger charge is -2.36. The molecule has 0 unspecified atom stereocenters. The molecule has 6 rings (SSSR count). The van der Waals surface area contributed by atoms with Crippen molar-refractivity contribution in [2.75, 3.05) is 31.5 Å². The minimum Gasteiger partial charge on any atom is -0.455 e. The first-order valence-corrected chi connectivity index (χ1v) is 20.1. The molecule has 0 saturated carbocycles. The van der Waals surface area contributed by atoms with Crippen LogP contribution in [0.2, 0.25) is 5.02 Å². The van der Waals surface area contributed by atoms with Crippen LogP contribution >= 0.6 is 11.6 Å².